The third kappa shape index (κ3) is 8.20. The molecule has 22 nitrogen and oxygen atoms in total. The maximum atomic E-state index is 12.3. The average molecular weight is 905 g/mol. The van der Waals surface area contributed by atoms with Gasteiger partial charge in [0.25, 0.3) is 40.5 Å². The number of anilines is 2. The smallest absolute Gasteiger partial charge is 0.296 e. The summed E-state index contributed by atoms with van der Waals surface area (Å²) < 4.78 is 146. The fourth-order valence-electron chi connectivity index (χ4n) is 5.99. The lowest BCUT2D eigenvalue weighted by Crippen LogP contribution is -2.08. The van der Waals surface area contributed by atoms with Crippen LogP contribution in [-0.4, -0.2) is 76.3 Å². The molecule has 0 aromatic heterocycles. The van der Waals surface area contributed by atoms with E-state index in [4.69, 9.17) is 20.9 Å². The standard InChI is InChI=1S/C34H28N6O16S4/c1-55-24-10-15(3-6-21(24)37-39-23-8-5-19-26(58(46,47)48)14-27(59(49,50)51)31(36)30(19)33(23)41)16-4-7-22(25(11-16)56-2)38-40-32-28(60(52,53)54)12-17-9-18(57(43,44)45)13-20(35)29(17)34(32)42/h3-14,41-42H,35-36H2,1-2H3,(H,43,44,45)(H,46,47,48)(H,49,50,51)(H,52,53,54). The van der Waals surface area contributed by atoms with E-state index in [-0.39, 0.29) is 50.4 Å². The molecule has 6 aromatic rings. The lowest BCUT2D eigenvalue weighted by molar-refractivity contribution is 0.415. The molecule has 0 atom stereocenters. The Morgan fingerprint density at radius 1 is 0.517 bits per heavy atom. The van der Waals surface area contributed by atoms with Crippen molar-refractivity contribution in [1.29, 1.82) is 0 Å². The molecule has 0 spiro atoms. The molecule has 0 bridgehead atoms. The number of ether oxygens (including phenoxy) is 2. The van der Waals surface area contributed by atoms with Gasteiger partial charge in [0.05, 0.1) is 30.2 Å². The molecular weight excluding hydrogens is 877 g/mol. The minimum Gasteiger partial charge on any atom is -0.505 e. The molecule has 0 aliphatic carbocycles. The highest BCUT2D eigenvalue weighted by atomic mass is 32.2. The zero-order valence-corrected chi connectivity index (χ0v) is 33.5. The van der Waals surface area contributed by atoms with Crippen LogP contribution in [0.2, 0.25) is 0 Å². The number of nitrogen functional groups attached to an aromatic ring is 2. The van der Waals surface area contributed by atoms with Crippen LogP contribution in [0.15, 0.2) is 113 Å². The SMILES string of the molecule is COc1cc(-c2ccc(N=Nc3c(S(=O)(=O)O)cc4cc(S(=O)(=O)O)cc(N)c4c3O)c(OC)c2)ccc1N=Nc1ccc2c(S(=O)(=O)O)cc(S(=O)(=O)O)c(N)c2c1O. The third-order valence-corrected chi connectivity index (χ3v) is 12.2. The van der Waals surface area contributed by atoms with Crippen molar-refractivity contribution in [1.82, 2.24) is 0 Å². The van der Waals surface area contributed by atoms with E-state index in [0.717, 1.165) is 30.3 Å². The lowest BCUT2D eigenvalue weighted by Gasteiger charge is -2.13. The summed E-state index contributed by atoms with van der Waals surface area (Å²) in [4.78, 5) is -3.75. The van der Waals surface area contributed by atoms with Crippen LogP contribution in [-0.2, 0) is 40.5 Å². The van der Waals surface area contributed by atoms with E-state index in [9.17, 15) is 62.1 Å². The molecule has 0 aliphatic heterocycles. The van der Waals surface area contributed by atoms with E-state index in [1.54, 1.807) is 12.1 Å². The topological polar surface area (TPSA) is 378 Å². The summed E-state index contributed by atoms with van der Waals surface area (Å²) in [5, 5.41) is 36.4. The number of hydrogen-bond donors (Lipinski definition) is 8. The number of rotatable bonds is 11. The number of hydrogen-bond acceptors (Lipinski definition) is 18. The van der Waals surface area contributed by atoms with E-state index < -0.39 is 88.3 Å². The van der Waals surface area contributed by atoms with Crippen molar-refractivity contribution in [3.63, 3.8) is 0 Å². The Labute approximate surface area is 339 Å². The second-order valence-corrected chi connectivity index (χ2v) is 18.0. The van der Waals surface area contributed by atoms with E-state index in [2.05, 4.69) is 20.5 Å². The monoisotopic (exact) mass is 904 g/mol. The molecule has 0 radical (unpaired) electrons. The second kappa shape index (κ2) is 15.3. The molecule has 60 heavy (non-hydrogen) atoms. The highest BCUT2D eigenvalue weighted by Gasteiger charge is 2.28. The molecule has 6 rings (SSSR count). The summed E-state index contributed by atoms with van der Waals surface area (Å²) >= 11 is 0. The minimum atomic E-state index is -5.13. The van der Waals surface area contributed by atoms with Crippen LogP contribution in [0.1, 0.15) is 0 Å². The Bertz CT molecular complexity index is 3340. The van der Waals surface area contributed by atoms with E-state index in [1.807, 2.05) is 0 Å². The first-order valence-electron chi connectivity index (χ1n) is 16.1. The Hall–Kier alpha value is -6.52. The molecule has 0 saturated carbocycles. The zero-order valence-electron chi connectivity index (χ0n) is 30.3. The zero-order chi connectivity index (χ0) is 44.3. The van der Waals surface area contributed by atoms with Gasteiger partial charge in [0, 0.05) is 16.5 Å². The summed E-state index contributed by atoms with van der Waals surface area (Å²) in [5.41, 5.74) is 10.7. The molecule has 0 amide bonds. The molecule has 0 aliphatic rings. The summed E-state index contributed by atoms with van der Waals surface area (Å²) in [6.07, 6.45) is 0. The highest BCUT2D eigenvalue weighted by molar-refractivity contribution is 7.87. The first-order valence-corrected chi connectivity index (χ1v) is 21.9. The van der Waals surface area contributed by atoms with Crippen molar-refractivity contribution in [3.8, 4) is 34.1 Å². The van der Waals surface area contributed by atoms with Crippen LogP contribution < -0.4 is 20.9 Å². The summed E-state index contributed by atoms with van der Waals surface area (Å²) in [7, 11) is -17.5. The summed E-state index contributed by atoms with van der Waals surface area (Å²) in [6.45, 7) is 0. The molecular formula is C34H28N6O16S4. The highest BCUT2D eigenvalue weighted by Crippen LogP contribution is 2.47. The molecule has 0 saturated heterocycles. The Morgan fingerprint density at radius 2 is 1.02 bits per heavy atom. The molecule has 0 unspecified atom stereocenters. The van der Waals surface area contributed by atoms with Gasteiger partial charge in [-0.15, -0.1) is 20.5 Å². The van der Waals surface area contributed by atoms with E-state index in [1.165, 1.54) is 38.5 Å². The first kappa shape index (κ1) is 43.1. The van der Waals surface area contributed by atoms with Gasteiger partial charge in [0.2, 0.25) is 0 Å². The van der Waals surface area contributed by atoms with Gasteiger partial charge >= 0.3 is 0 Å². The number of benzene rings is 6. The van der Waals surface area contributed by atoms with Crippen LogP contribution in [0.4, 0.5) is 34.1 Å². The van der Waals surface area contributed by atoms with Crippen LogP contribution in [0.25, 0.3) is 32.7 Å². The number of nitrogens with two attached hydrogens (primary N) is 2. The maximum absolute atomic E-state index is 12.3. The summed E-state index contributed by atoms with van der Waals surface area (Å²) in [5.74, 6) is -1.52. The molecule has 10 N–H and O–H groups in total. The fraction of sp³-hybridized carbons (Fsp3) is 0.0588. The number of azo groups is 2. The van der Waals surface area contributed by atoms with Gasteiger partial charge < -0.3 is 31.2 Å². The number of methoxy groups -OCH3 is 2. The number of phenolic OH excluding ortho intramolecular Hbond substituents is 2. The van der Waals surface area contributed by atoms with Gasteiger partial charge in [0.1, 0.15) is 48.9 Å². The van der Waals surface area contributed by atoms with E-state index >= 15 is 0 Å². The largest absolute Gasteiger partial charge is 0.505 e. The van der Waals surface area contributed by atoms with Crippen molar-refractivity contribution in [2.24, 2.45) is 20.5 Å². The lowest BCUT2D eigenvalue weighted by atomic mass is 10.0. The van der Waals surface area contributed by atoms with Gasteiger partial charge in [-0.05, 0) is 71.1 Å². The molecule has 6 aromatic carbocycles. The molecule has 0 heterocycles. The van der Waals surface area contributed by atoms with Gasteiger partial charge in [0.15, 0.2) is 11.5 Å². The van der Waals surface area contributed by atoms with Crippen molar-refractivity contribution >= 4 is 96.1 Å². The van der Waals surface area contributed by atoms with Crippen LogP contribution in [0.5, 0.6) is 23.0 Å². The quantitative estimate of drug-likeness (QED) is 0.0415. The van der Waals surface area contributed by atoms with Gasteiger partial charge in [-0.3, -0.25) is 18.2 Å². The minimum absolute atomic E-state index is 0.00244. The average Bonchev–Trinajstić information content (AvgIpc) is 3.15. The maximum Gasteiger partial charge on any atom is 0.296 e. The second-order valence-electron chi connectivity index (χ2n) is 12.4. The van der Waals surface area contributed by atoms with Gasteiger partial charge in [-0.1, -0.05) is 18.2 Å². The third-order valence-electron chi connectivity index (χ3n) is 8.72. The Morgan fingerprint density at radius 3 is 1.52 bits per heavy atom. The number of phenols is 2. The molecule has 26 heteroatoms. The molecule has 0 fully saturated rings. The van der Waals surface area contributed by atoms with Crippen molar-refractivity contribution in [3.05, 3.63) is 72.8 Å². The molecule has 314 valence electrons. The summed E-state index contributed by atoms with van der Waals surface area (Å²) in [6, 6.07) is 14.1. The first-order chi connectivity index (χ1) is 27.8. The number of nitrogens with zero attached hydrogens (tertiary/aromatic N) is 4. The normalized spacial score (nSPS) is 12.8. The fourth-order valence-corrected chi connectivity index (χ4v) is 8.63. The van der Waals surface area contributed by atoms with E-state index in [0.29, 0.717) is 17.2 Å². The number of fused-ring (bicyclic) bond motifs is 2. The van der Waals surface area contributed by atoms with Gasteiger partial charge in [-0.25, -0.2) is 0 Å². The Kier molecular flexibility index (Phi) is 11.0. The van der Waals surface area contributed by atoms with Crippen molar-refractivity contribution in [2.75, 3.05) is 25.7 Å². The predicted octanol–water partition coefficient (Wildman–Crippen LogP) is 6.07. The van der Waals surface area contributed by atoms with Crippen molar-refractivity contribution < 1.29 is 71.6 Å². The van der Waals surface area contributed by atoms with Crippen molar-refractivity contribution in [2.45, 2.75) is 19.6 Å². The van der Waals surface area contributed by atoms with Crippen LogP contribution in [0, 0.1) is 0 Å². The van der Waals surface area contributed by atoms with Gasteiger partial charge in [-0.2, -0.15) is 33.7 Å². The number of aromatic hydroxyl groups is 2. The van der Waals surface area contributed by atoms with Crippen LogP contribution >= 0.6 is 0 Å². The Balaban J connectivity index is 1.36. The van der Waals surface area contributed by atoms with Crippen LogP contribution in [0.3, 0.4) is 0 Å². The predicted molar refractivity (Wildman–Crippen MR) is 213 cm³/mol.